The molecule has 36 heavy (non-hydrogen) atoms. The standard InChI is InChI=1S/C31H28P2.2BrH.Co/c1-5-13-26(14-6-1)32(27-15-7-2-8-16-27)30-24-21-22-25(23-24)31(30)33(28-17-9-3-10-18-28)29-19-11-4-12-20-29;;;/h1-22,24-25,30-31H,23H2;2*1H;/q;;;+2/p-2/t24-,25+,30-,31-;;;/m0.../s1. The quantitative estimate of drug-likeness (QED) is 0.144. The molecule has 1 fully saturated rings. The van der Waals surface area contributed by atoms with Gasteiger partial charge in [0.1, 0.15) is 0 Å². The van der Waals surface area contributed by atoms with Crippen LogP contribution in [0.5, 0.6) is 0 Å². The zero-order valence-electron chi connectivity index (χ0n) is 19.7. The molecule has 0 nitrogen and oxygen atoms in total. The fraction of sp³-hybridized carbons (Fsp3) is 0.161. The molecule has 0 aromatic heterocycles. The first-order chi connectivity index (χ1) is 17.8. The van der Waals surface area contributed by atoms with Gasteiger partial charge in [-0.05, 0) is 55.3 Å². The summed E-state index contributed by atoms with van der Waals surface area (Å²) in [4.78, 5) is 0. The Morgan fingerprint density at radius 3 is 0.972 bits per heavy atom. The Morgan fingerprint density at radius 2 is 0.722 bits per heavy atom. The summed E-state index contributed by atoms with van der Waals surface area (Å²) >= 11 is 7.12. The van der Waals surface area contributed by atoms with Crippen molar-refractivity contribution in [2.24, 2.45) is 11.8 Å². The average molecular weight is 681 g/mol. The van der Waals surface area contributed by atoms with Crippen molar-refractivity contribution >= 4 is 65.4 Å². The van der Waals surface area contributed by atoms with Gasteiger partial charge in [0.2, 0.25) is 0 Å². The summed E-state index contributed by atoms with van der Waals surface area (Å²) in [5.41, 5.74) is 1.32. The summed E-state index contributed by atoms with van der Waals surface area (Å²) in [5, 5.41) is 6.08. The van der Waals surface area contributed by atoms with Gasteiger partial charge in [-0.25, -0.2) is 0 Å². The third-order valence-electron chi connectivity index (χ3n) is 7.11. The van der Waals surface area contributed by atoms with Crippen LogP contribution in [0.2, 0.25) is 0 Å². The molecule has 185 valence electrons. The molecule has 4 aromatic rings. The maximum atomic E-state index is 3.03. The Balaban J connectivity index is 0.000000848. The Kier molecular flexibility index (Phi) is 9.69. The van der Waals surface area contributed by atoms with Gasteiger partial charge in [0.25, 0.3) is 0 Å². The summed E-state index contributed by atoms with van der Waals surface area (Å²) in [6.07, 6.45) is 6.42. The molecule has 0 radical (unpaired) electrons. The summed E-state index contributed by atoms with van der Waals surface area (Å²) < 4.78 is 0. The second-order valence-electron chi connectivity index (χ2n) is 9.06. The van der Waals surface area contributed by atoms with Crippen LogP contribution in [0, 0.1) is 11.8 Å². The number of benzene rings is 4. The molecule has 4 aromatic carbocycles. The Morgan fingerprint density at radius 1 is 0.472 bits per heavy atom. The van der Waals surface area contributed by atoms with Gasteiger partial charge in [-0.3, -0.25) is 0 Å². The minimum absolute atomic E-state index is 0.454. The van der Waals surface area contributed by atoms with E-state index in [-0.39, 0.29) is 0 Å². The van der Waals surface area contributed by atoms with Crippen molar-refractivity contribution in [2.45, 2.75) is 17.7 Å². The van der Waals surface area contributed by atoms with Gasteiger partial charge >= 0.3 is 39.5 Å². The van der Waals surface area contributed by atoms with E-state index in [0.717, 1.165) is 11.1 Å². The number of allylic oxidation sites excluding steroid dienone is 2. The van der Waals surface area contributed by atoms with Gasteiger partial charge in [0.15, 0.2) is 0 Å². The van der Waals surface area contributed by atoms with E-state index in [4.69, 9.17) is 0 Å². The predicted molar refractivity (Wildman–Crippen MR) is 164 cm³/mol. The molecule has 0 spiro atoms. The molecule has 4 atom stereocenters. The van der Waals surface area contributed by atoms with Crippen molar-refractivity contribution in [3.05, 3.63) is 133 Å². The third kappa shape index (κ3) is 5.83. The van der Waals surface area contributed by atoms with Crippen molar-refractivity contribution in [1.82, 2.24) is 0 Å². The van der Waals surface area contributed by atoms with E-state index in [0.29, 0.717) is 23.2 Å². The molecule has 0 amide bonds. The van der Waals surface area contributed by atoms with Crippen LogP contribution in [0.1, 0.15) is 6.42 Å². The van der Waals surface area contributed by atoms with E-state index in [1.807, 2.05) is 0 Å². The van der Waals surface area contributed by atoms with E-state index >= 15 is 0 Å². The van der Waals surface area contributed by atoms with Crippen LogP contribution in [-0.4, -0.2) is 11.3 Å². The first kappa shape index (κ1) is 26.5. The number of halogens is 2. The fourth-order valence-corrected chi connectivity index (χ4v) is 12.8. The number of rotatable bonds is 6. The first-order valence-corrected chi connectivity index (χ1v) is 20.1. The monoisotopic (exact) mass is 679 g/mol. The number of fused-ring (bicyclic) bond motifs is 2. The minimum atomic E-state index is -0.454. The normalized spacial score (nSPS) is 22.1. The van der Waals surface area contributed by atoms with Gasteiger partial charge in [0.05, 0.1) is 0 Å². The molecule has 0 N–H and O–H groups in total. The average Bonchev–Trinajstić information content (AvgIpc) is 3.55. The Hall–Kier alpha value is -1.05. The molecular weight excluding hydrogens is 653 g/mol. The van der Waals surface area contributed by atoms with E-state index in [1.165, 1.54) is 27.6 Å². The Labute approximate surface area is 238 Å². The van der Waals surface area contributed by atoms with E-state index in [2.05, 4.69) is 162 Å². The van der Waals surface area contributed by atoms with Crippen molar-refractivity contribution in [3.8, 4) is 0 Å². The third-order valence-corrected chi connectivity index (χ3v) is 13.4. The van der Waals surface area contributed by atoms with Crippen molar-refractivity contribution in [2.75, 3.05) is 0 Å². The number of hydrogen-bond acceptors (Lipinski definition) is 0. The molecule has 2 aliphatic rings. The van der Waals surface area contributed by atoms with Crippen LogP contribution in [0.3, 0.4) is 0 Å². The maximum absolute atomic E-state index is 3.03. The first-order valence-electron chi connectivity index (χ1n) is 12.1. The molecule has 2 aliphatic carbocycles. The molecule has 0 saturated heterocycles. The number of hydrogen-bond donors (Lipinski definition) is 0. The van der Waals surface area contributed by atoms with Crippen LogP contribution in [0.25, 0.3) is 0 Å². The van der Waals surface area contributed by atoms with Gasteiger partial charge in [0, 0.05) is 11.3 Å². The summed E-state index contributed by atoms with van der Waals surface area (Å²) in [6, 6.07) is 45.4. The second-order valence-corrected chi connectivity index (χ2v) is 19.1. The SMILES string of the molecule is C1=C[C@H]2C[C@@H]1[C@H](P(c1ccccc1)c1ccccc1)[C@H]2P(c1ccccc1)c1ccccc1.[Br][Co][Br]. The topological polar surface area (TPSA) is 0 Å². The Bertz CT molecular complexity index is 1060. The molecular formula is C31H28Br2CoP2. The van der Waals surface area contributed by atoms with Gasteiger partial charge in [-0.1, -0.05) is 133 Å². The van der Waals surface area contributed by atoms with Crippen LogP contribution in [0.4, 0.5) is 0 Å². The molecule has 1 saturated carbocycles. The molecule has 5 heteroatoms. The van der Waals surface area contributed by atoms with E-state index in [9.17, 15) is 0 Å². The van der Waals surface area contributed by atoms with Gasteiger partial charge < -0.3 is 0 Å². The van der Waals surface area contributed by atoms with Gasteiger partial charge in [-0.2, -0.15) is 0 Å². The van der Waals surface area contributed by atoms with Crippen LogP contribution in [-0.2, 0) is 11.1 Å². The fourth-order valence-electron chi connectivity index (χ4n) is 5.80. The summed E-state index contributed by atoms with van der Waals surface area (Å²) in [7, 11) is -0.909. The van der Waals surface area contributed by atoms with E-state index in [1.54, 1.807) is 0 Å². The molecule has 0 aliphatic heterocycles. The predicted octanol–water partition coefficient (Wildman–Crippen LogP) is 7.88. The molecule has 6 rings (SSSR count). The van der Waals surface area contributed by atoms with Crippen molar-refractivity contribution < 1.29 is 11.1 Å². The summed E-state index contributed by atoms with van der Waals surface area (Å²) in [6.45, 7) is 0. The zero-order valence-corrected chi connectivity index (χ0v) is 25.7. The zero-order chi connectivity index (χ0) is 24.7. The summed E-state index contributed by atoms with van der Waals surface area (Å²) in [5.74, 6) is 1.34. The van der Waals surface area contributed by atoms with Crippen LogP contribution >= 0.6 is 44.2 Å². The van der Waals surface area contributed by atoms with Crippen LogP contribution in [0.15, 0.2) is 133 Å². The van der Waals surface area contributed by atoms with Gasteiger partial charge in [-0.15, -0.1) is 0 Å². The van der Waals surface area contributed by atoms with E-state index < -0.39 is 15.8 Å². The molecule has 2 bridgehead atoms. The second kappa shape index (κ2) is 13.1. The molecule has 0 heterocycles. The van der Waals surface area contributed by atoms with Crippen molar-refractivity contribution in [3.63, 3.8) is 0 Å². The van der Waals surface area contributed by atoms with Crippen LogP contribution < -0.4 is 21.2 Å². The van der Waals surface area contributed by atoms with Crippen molar-refractivity contribution in [1.29, 1.82) is 0 Å². The molecule has 0 unspecified atom stereocenters.